The van der Waals surface area contributed by atoms with Crippen molar-refractivity contribution in [3.63, 3.8) is 0 Å². The van der Waals surface area contributed by atoms with Crippen LogP contribution in [0.25, 0.3) is 11.4 Å². The first-order chi connectivity index (χ1) is 12.2. The smallest absolute Gasteiger partial charge is 0.264 e. The van der Waals surface area contributed by atoms with Crippen LogP contribution in [0.2, 0.25) is 0 Å². The Bertz CT molecular complexity index is 948. The van der Waals surface area contributed by atoms with Crippen molar-refractivity contribution in [3.8, 4) is 23.2 Å². The molecule has 0 aliphatic rings. The first-order valence-corrected chi connectivity index (χ1v) is 8.06. The average molecular weight is 398 g/mol. The first-order valence-electron chi connectivity index (χ1n) is 7.26. The molecule has 25 heavy (non-hydrogen) atoms. The summed E-state index contributed by atoms with van der Waals surface area (Å²) in [5, 5.41) is 18.3. The summed E-state index contributed by atoms with van der Waals surface area (Å²) >= 11 is 3.44. The number of aromatic nitrogens is 3. The second-order valence-corrected chi connectivity index (χ2v) is 5.79. The van der Waals surface area contributed by atoms with E-state index in [1.807, 2.05) is 30.3 Å². The molecule has 1 amide bonds. The molecule has 0 fully saturated rings. The second-order valence-electron chi connectivity index (χ2n) is 4.93. The molecule has 0 spiro atoms. The lowest BCUT2D eigenvalue weighted by Gasteiger charge is -2.06. The van der Waals surface area contributed by atoms with E-state index < -0.39 is 5.91 Å². The fourth-order valence-corrected chi connectivity index (χ4v) is 2.55. The standard InChI is InChI=1S/C17H12BrN5O2/c18-13-7-3-2-6-12(13)16-21-17(23-22-16)20-15(24)10-25-14-8-4-1-5-11(14)9-19/h1-8H,10H2,(H2,20,21,22,23,24). The van der Waals surface area contributed by atoms with Gasteiger partial charge in [-0.15, -0.1) is 5.10 Å². The minimum Gasteiger partial charge on any atom is -0.482 e. The Hall–Kier alpha value is -3.18. The van der Waals surface area contributed by atoms with E-state index in [1.54, 1.807) is 24.3 Å². The monoisotopic (exact) mass is 397 g/mol. The van der Waals surface area contributed by atoms with E-state index in [1.165, 1.54) is 0 Å². The van der Waals surface area contributed by atoms with Crippen molar-refractivity contribution in [2.75, 3.05) is 11.9 Å². The highest BCUT2D eigenvalue weighted by molar-refractivity contribution is 9.10. The van der Waals surface area contributed by atoms with Crippen LogP contribution in [0.1, 0.15) is 5.56 Å². The number of carbonyl (C=O) groups excluding carboxylic acids is 1. The summed E-state index contributed by atoms with van der Waals surface area (Å²) in [5.41, 5.74) is 1.19. The van der Waals surface area contributed by atoms with Crippen LogP contribution in [0.4, 0.5) is 5.95 Å². The lowest BCUT2D eigenvalue weighted by atomic mass is 10.2. The molecule has 1 aromatic heterocycles. The molecule has 0 bridgehead atoms. The van der Waals surface area contributed by atoms with Gasteiger partial charge < -0.3 is 4.74 Å². The molecular formula is C17H12BrN5O2. The molecule has 0 unspecified atom stereocenters. The Kier molecular flexibility index (Phi) is 5.06. The largest absolute Gasteiger partial charge is 0.482 e. The molecule has 1 heterocycles. The van der Waals surface area contributed by atoms with Gasteiger partial charge in [0.15, 0.2) is 12.4 Å². The van der Waals surface area contributed by atoms with Gasteiger partial charge in [-0.25, -0.2) is 0 Å². The van der Waals surface area contributed by atoms with Crippen LogP contribution < -0.4 is 10.1 Å². The molecule has 3 aromatic rings. The maximum Gasteiger partial charge on any atom is 0.264 e. The topological polar surface area (TPSA) is 104 Å². The lowest BCUT2D eigenvalue weighted by molar-refractivity contribution is -0.118. The SMILES string of the molecule is N#Cc1ccccc1OCC(=O)Nc1n[nH]c(-c2ccccc2Br)n1. The molecule has 124 valence electrons. The van der Waals surface area contributed by atoms with E-state index in [-0.39, 0.29) is 12.6 Å². The highest BCUT2D eigenvalue weighted by Gasteiger charge is 2.12. The van der Waals surface area contributed by atoms with Crippen molar-refractivity contribution in [2.45, 2.75) is 0 Å². The molecule has 0 saturated heterocycles. The van der Waals surface area contributed by atoms with Gasteiger partial charge in [-0.2, -0.15) is 10.2 Å². The van der Waals surface area contributed by atoms with E-state index in [4.69, 9.17) is 10.00 Å². The Labute approximate surface area is 151 Å². The predicted octanol–water partition coefficient (Wildman–Crippen LogP) is 3.12. The second kappa shape index (κ2) is 7.59. The van der Waals surface area contributed by atoms with Crippen LogP contribution >= 0.6 is 15.9 Å². The van der Waals surface area contributed by atoms with Crippen molar-refractivity contribution in [1.29, 1.82) is 5.26 Å². The third-order valence-corrected chi connectivity index (χ3v) is 3.92. The van der Waals surface area contributed by atoms with Gasteiger partial charge in [0.05, 0.1) is 5.56 Å². The molecule has 0 saturated carbocycles. The zero-order valence-corrected chi connectivity index (χ0v) is 14.4. The minimum atomic E-state index is -0.426. The van der Waals surface area contributed by atoms with E-state index in [0.717, 1.165) is 10.0 Å². The van der Waals surface area contributed by atoms with Crippen LogP contribution in [0.5, 0.6) is 5.75 Å². The van der Waals surface area contributed by atoms with Crippen molar-refractivity contribution in [2.24, 2.45) is 0 Å². The third-order valence-electron chi connectivity index (χ3n) is 3.23. The van der Waals surface area contributed by atoms with Gasteiger partial charge in [0.25, 0.3) is 5.91 Å². The normalized spacial score (nSPS) is 10.1. The molecule has 2 aromatic carbocycles. The van der Waals surface area contributed by atoms with Crippen LogP contribution in [-0.2, 0) is 4.79 Å². The fourth-order valence-electron chi connectivity index (χ4n) is 2.08. The summed E-state index contributed by atoms with van der Waals surface area (Å²) < 4.78 is 6.23. The molecule has 8 heteroatoms. The quantitative estimate of drug-likeness (QED) is 0.687. The number of nitriles is 1. The Balaban J connectivity index is 1.63. The van der Waals surface area contributed by atoms with E-state index >= 15 is 0 Å². The van der Waals surface area contributed by atoms with Crippen LogP contribution in [-0.4, -0.2) is 27.7 Å². The number of amides is 1. The number of H-pyrrole nitrogens is 1. The van der Waals surface area contributed by atoms with Crippen LogP contribution in [0.15, 0.2) is 53.0 Å². The van der Waals surface area contributed by atoms with Gasteiger partial charge >= 0.3 is 0 Å². The number of hydrogen-bond donors (Lipinski definition) is 2. The molecule has 0 aliphatic heterocycles. The van der Waals surface area contributed by atoms with Crippen molar-refractivity contribution < 1.29 is 9.53 Å². The zero-order valence-electron chi connectivity index (χ0n) is 12.9. The Morgan fingerprint density at radius 2 is 2.00 bits per heavy atom. The van der Waals surface area contributed by atoms with E-state index in [2.05, 4.69) is 36.4 Å². The van der Waals surface area contributed by atoms with Crippen molar-refractivity contribution in [3.05, 3.63) is 58.6 Å². The summed E-state index contributed by atoms with van der Waals surface area (Å²) in [5.74, 6) is 0.598. The van der Waals surface area contributed by atoms with Crippen molar-refractivity contribution in [1.82, 2.24) is 15.2 Å². The number of carbonyl (C=O) groups is 1. The average Bonchev–Trinajstić information content (AvgIpc) is 3.08. The first kappa shape index (κ1) is 16.7. The van der Waals surface area contributed by atoms with Gasteiger partial charge in [0, 0.05) is 10.0 Å². The lowest BCUT2D eigenvalue weighted by Crippen LogP contribution is -2.21. The van der Waals surface area contributed by atoms with Gasteiger partial charge in [0.2, 0.25) is 5.95 Å². The van der Waals surface area contributed by atoms with E-state index in [9.17, 15) is 4.79 Å². The minimum absolute atomic E-state index is 0.146. The highest BCUT2D eigenvalue weighted by atomic mass is 79.9. The fraction of sp³-hybridized carbons (Fsp3) is 0.0588. The summed E-state index contributed by atoms with van der Waals surface area (Å²) in [7, 11) is 0. The summed E-state index contributed by atoms with van der Waals surface area (Å²) in [6.07, 6.45) is 0. The van der Waals surface area contributed by atoms with Gasteiger partial charge in [0.1, 0.15) is 11.8 Å². The number of anilines is 1. The number of hydrogen-bond acceptors (Lipinski definition) is 5. The number of rotatable bonds is 5. The number of para-hydroxylation sites is 1. The predicted molar refractivity (Wildman–Crippen MR) is 94.8 cm³/mol. The van der Waals surface area contributed by atoms with Crippen LogP contribution in [0, 0.1) is 11.3 Å². The number of halogens is 1. The summed E-state index contributed by atoms with van der Waals surface area (Å²) in [6.45, 7) is -0.252. The molecule has 0 aliphatic carbocycles. The summed E-state index contributed by atoms with van der Waals surface area (Å²) in [6, 6.07) is 16.2. The van der Waals surface area contributed by atoms with E-state index in [0.29, 0.717) is 17.1 Å². The number of nitrogens with zero attached hydrogens (tertiary/aromatic N) is 3. The molecule has 7 nitrogen and oxygen atoms in total. The molecule has 0 atom stereocenters. The number of benzene rings is 2. The molecule has 0 radical (unpaired) electrons. The number of nitrogens with one attached hydrogen (secondary N) is 2. The Morgan fingerprint density at radius 3 is 2.80 bits per heavy atom. The van der Waals surface area contributed by atoms with Gasteiger partial charge in [-0.05, 0) is 18.2 Å². The third kappa shape index (κ3) is 4.02. The number of aromatic amines is 1. The maximum absolute atomic E-state index is 12.0. The summed E-state index contributed by atoms with van der Waals surface area (Å²) in [4.78, 5) is 16.2. The maximum atomic E-state index is 12.0. The van der Waals surface area contributed by atoms with Gasteiger partial charge in [-0.1, -0.05) is 46.3 Å². The van der Waals surface area contributed by atoms with Crippen LogP contribution in [0.3, 0.4) is 0 Å². The highest BCUT2D eigenvalue weighted by Crippen LogP contribution is 2.25. The van der Waals surface area contributed by atoms with Crippen molar-refractivity contribution >= 4 is 27.8 Å². The number of ether oxygens (including phenoxy) is 1. The molecular weight excluding hydrogens is 386 g/mol. The molecule has 2 N–H and O–H groups in total. The Morgan fingerprint density at radius 1 is 1.24 bits per heavy atom. The zero-order chi connectivity index (χ0) is 17.6. The van der Waals surface area contributed by atoms with Gasteiger partial charge in [-0.3, -0.25) is 15.2 Å². The molecule has 3 rings (SSSR count).